The van der Waals surface area contributed by atoms with Gasteiger partial charge in [-0.3, -0.25) is 29.3 Å². The molecule has 1 spiro atoms. The number of nitrogens with two attached hydrogens (primary N) is 1. The Hall–Kier alpha value is -4.11. The number of amides is 3. The predicted molar refractivity (Wildman–Crippen MR) is 154 cm³/mol. The minimum absolute atomic E-state index is 0.120. The highest BCUT2D eigenvalue weighted by Crippen LogP contribution is 2.49. The summed E-state index contributed by atoms with van der Waals surface area (Å²) in [6.07, 6.45) is 8.42. The molecule has 1 aromatic carbocycles. The lowest BCUT2D eigenvalue weighted by Crippen LogP contribution is -2.50. The first-order valence-electron chi connectivity index (χ1n) is 14.2. The number of rotatable bonds is 6. The van der Waals surface area contributed by atoms with Crippen LogP contribution in [0.15, 0.2) is 70.9 Å². The Morgan fingerprint density at radius 1 is 1.10 bits per heavy atom. The summed E-state index contributed by atoms with van der Waals surface area (Å²) in [5, 5.41) is 3.10. The number of benzene rings is 1. The van der Waals surface area contributed by atoms with E-state index in [2.05, 4.69) is 16.4 Å². The van der Waals surface area contributed by atoms with Crippen LogP contribution in [0.2, 0.25) is 0 Å². The lowest BCUT2D eigenvalue weighted by Gasteiger charge is -2.29. The first-order chi connectivity index (χ1) is 19.7. The normalized spacial score (nSPS) is 24.9. The van der Waals surface area contributed by atoms with E-state index in [0.717, 1.165) is 33.5 Å². The monoisotopic (exact) mass is 553 g/mol. The zero-order valence-electron chi connectivity index (χ0n) is 23.5. The number of nitrogens with zero attached hydrogens (tertiary/aromatic N) is 3. The van der Waals surface area contributed by atoms with Gasteiger partial charge in [0.25, 0.3) is 5.91 Å². The summed E-state index contributed by atoms with van der Waals surface area (Å²) in [5.74, 6) is -0.233. The largest absolute Gasteiger partial charge is 0.381 e. The lowest BCUT2D eigenvalue weighted by atomic mass is 9.77. The van der Waals surface area contributed by atoms with Gasteiger partial charge in [0.2, 0.25) is 11.8 Å². The number of pyridine rings is 1. The molecular formula is C32H35N5O4. The molecule has 2 unspecified atom stereocenters. The highest BCUT2D eigenvalue weighted by atomic mass is 16.5. The Bertz CT molecular complexity index is 1520. The van der Waals surface area contributed by atoms with Crippen LogP contribution in [0.4, 0.5) is 0 Å². The second-order valence-corrected chi connectivity index (χ2v) is 11.6. The van der Waals surface area contributed by atoms with Gasteiger partial charge in [-0.2, -0.15) is 0 Å². The molecule has 3 heterocycles. The molecule has 9 heteroatoms. The minimum Gasteiger partial charge on any atom is -0.381 e. The summed E-state index contributed by atoms with van der Waals surface area (Å²) >= 11 is 0. The van der Waals surface area contributed by atoms with E-state index in [9.17, 15) is 14.4 Å². The molecule has 1 aromatic heterocycles. The maximum atomic E-state index is 13.8. The molecule has 3 N–H and O–H groups in total. The zero-order valence-corrected chi connectivity index (χ0v) is 23.5. The third kappa shape index (κ3) is 4.68. The fourth-order valence-corrected chi connectivity index (χ4v) is 6.74. The number of carbonyl (C=O) groups excluding carboxylic acids is 3. The van der Waals surface area contributed by atoms with Crippen molar-refractivity contribution in [1.29, 1.82) is 0 Å². The number of hydrogen-bond acceptors (Lipinski definition) is 6. The van der Waals surface area contributed by atoms with Crippen molar-refractivity contribution < 1.29 is 19.1 Å². The number of ether oxygens (including phenoxy) is 1. The third-order valence-corrected chi connectivity index (χ3v) is 8.98. The summed E-state index contributed by atoms with van der Waals surface area (Å²) in [4.78, 5) is 50.9. The van der Waals surface area contributed by atoms with E-state index < -0.39 is 11.0 Å². The Kier molecular flexibility index (Phi) is 6.85. The number of carbonyl (C=O) groups is 3. The Morgan fingerprint density at radius 3 is 2.59 bits per heavy atom. The standard InChI is InChI=1S/C32H35N5O4/c1-20-6-3-4-7-25(20)28-36-32(11-14-41-15-12-32)30(40)37(28)19-27(38)35-24-10-9-22-17-31(29(33)39,18-23(22)16-24)26-8-5-13-34-21(26)2/h3-9,13,16,24H,10-12,14-15,17-19H2,1-2H3,(H2,33,39)(H,35,38). The van der Waals surface area contributed by atoms with Crippen molar-refractivity contribution in [3.8, 4) is 0 Å². The molecule has 6 rings (SSSR count). The average molecular weight is 554 g/mol. The predicted octanol–water partition coefficient (Wildman–Crippen LogP) is 2.79. The molecule has 41 heavy (non-hydrogen) atoms. The van der Waals surface area contributed by atoms with Crippen LogP contribution in [0.3, 0.4) is 0 Å². The Labute approximate surface area is 239 Å². The van der Waals surface area contributed by atoms with Gasteiger partial charge < -0.3 is 15.8 Å². The second kappa shape index (κ2) is 10.4. The van der Waals surface area contributed by atoms with Gasteiger partial charge in [-0.25, -0.2) is 0 Å². The van der Waals surface area contributed by atoms with Crippen LogP contribution in [0, 0.1) is 13.8 Å². The first kappa shape index (κ1) is 27.1. The van der Waals surface area contributed by atoms with Crippen LogP contribution in [-0.2, 0) is 24.5 Å². The van der Waals surface area contributed by atoms with Crippen LogP contribution < -0.4 is 11.1 Å². The maximum Gasteiger partial charge on any atom is 0.256 e. The molecule has 4 aliphatic rings. The van der Waals surface area contributed by atoms with Gasteiger partial charge in [0.15, 0.2) is 0 Å². The van der Waals surface area contributed by atoms with Gasteiger partial charge in [-0.15, -0.1) is 0 Å². The van der Waals surface area contributed by atoms with E-state index in [0.29, 0.717) is 51.2 Å². The molecule has 2 aliphatic carbocycles. The molecular weight excluding hydrogens is 518 g/mol. The quantitative estimate of drug-likeness (QED) is 0.569. The van der Waals surface area contributed by atoms with E-state index in [-0.39, 0.29) is 30.3 Å². The summed E-state index contributed by atoms with van der Waals surface area (Å²) in [7, 11) is 0. The van der Waals surface area contributed by atoms with Gasteiger partial charge in [-0.1, -0.05) is 42.5 Å². The molecule has 1 saturated carbocycles. The SMILES string of the molecule is Cc1ccccc1C1=NC2(CCOCC2)C(=O)N1CC(=O)NC1C=C2CC(C(N)=O)(c3cccnc3C)CC2=CC1. The number of amidine groups is 1. The topological polar surface area (TPSA) is 127 Å². The number of hydrogen-bond donors (Lipinski definition) is 2. The maximum absolute atomic E-state index is 13.8. The van der Waals surface area contributed by atoms with Gasteiger partial charge in [0.05, 0.1) is 11.5 Å². The molecule has 2 fully saturated rings. The summed E-state index contributed by atoms with van der Waals surface area (Å²) in [6.45, 7) is 4.68. The van der Waals surface area contributed by atoms with Crippen LogP contribution in [0.1, 0.15) is 54.5 Å². The molecule has 0 bridgehead atoms. The highest BCUT2D eigenvalue weighted by Gasteiger charge is 2.50. The van der Waals surface area contributed by atoms with Crippen molar-refractivity contribution in [3.63, 3.8) is 0 Å². The third-order valence-electron chi connectivity index (χ3n) is 8.98. The van der Waals surface area contributed by atoms with Crippen LogP contribution in [0.5, 0.6) is 0 Å². The van der Waals surface area contributed by atoms with Crippen molar-refractivity contribution in [2.24, 2.45) is 10.7 Å². The molecule has 9 nitrogen and oxygen atoms in total. The van der Waals surface area contributed by atoms with E-state index >= 15 is 0 Å². The van der Waals surface area contributed by atoms with E-state index in [1.165, 1.54) is 0 Å². The fourth-order valence-electron chi connectivity index (χ4n) is 6.74. The van der Waals surface area contributed by atoms with Gasteiger partial charge in [0, 0.05) is 43.5 Å². The smallest absolute Gasteiger partial charge is 0.256 e. The van der Waals surface area contributed by atoms with E-state index in [1.54, 1.807) is 11.1 Å². The molecule has 2 aliphatic heterocycles. The number of aryl methyl sites for hydroxylation is 2. The van der Waals surface area contributed by atoms with Gasteiger partial charge >= 0.3 is 0 Å². The van der Waals surface area contributed by atoms with Crippen molar-refractivity contribution >= 4 is 23.6 Å². The Balaban J connectivity index is 1.21. The fraction of sp³-hybridized carbons (Fsp3) is 0.406. The number of primary amides is 1. The van der Waals surface area contributed by atoms with Gasteiger partial charge in [-0.05, 0) is 61.4 Å². The highest BCUT2D eigenvalue weighted by molar-refractivity contribution is 6.17. The molecule has 3 amide bonds. The van der Waals surface area contributed by atoms with Crippen molar-refractivity contribution in [2.75, 3.05) is 19.8 Å². The number of allylic oxidation sites excluding steroid dienone is 2. The average Bonchev–Trinajstić information content (AvgIpc) is 3.46. The van der Waals surface area contributed by atoms with E-state index in [1.807, 2.05) is 56.3 Å². The lowest BCUT2D eigenvalue weighted by molar-refractivity contribution is -0.137. The summed E-state index contributed by atoms with van der Waals surface area (Å²) in [5.41, 5.74) is 9.84. The number of aliphatic imine (C=N–C) groups is 1. The van der Waals surface area contributed by atoms with Crippen LogP contribution in [0.25, 0.3) is 0 Å². The summed E-state index contributed by atoms with van der Waals surface area (Å²) < 4.78 is 5.52. The Morgan fingerprint density at radius 2 is 1.85 bits per heavy atom. The van der Waals surface area contributed by atoms with E-state index in [4.69, 9.17) is 15.5 Å². The number of aromatic nitrogens is 1. The molecule has 1 saturated heterocycles. The molecule has 2 aromatic rings. The molecule has 212 valence electrons. The van der Waals surface area contributed by atoms with Crippen molar-refractivity contribution in [3.05, 3.63) is 88.3 Å². The van der Waals surface area contributed by atoms with Crippen molar-refractivity contribution in [1.82, 2.24) is 15.2 Å². The van der Waals surface area contributed by atoms with Gasteiger partial charge in [0.1, 0.15) is 17.9 Å². The first-order valence-corrected chi connectivity index (χ1v) is 14.2. The molecule has 0 radical (unpaired) electrons. The zero-order chi connectivity index (χ0) is 28.8. The second-order valence-electron chi connectivity index (χ2n) is 11.6. The van der Waals surface area contributed by atoms with Crippen LogP contribution in [-0.4, -0.2) is 64.8 Å². The summed E-state index contributed by atoms with van der Waals surface area (Å²) in [6, 6.07) is 11.3. The molecule has 2 atom stereocenters. The van der Waals surface area contributed by atoms with Crippen LogP contribution >= 0.6 is 0 Å². The minimum atomic E-state index is -0.882. The van der Waals surface area contributed by atoms with Crippen molar-refractivity contribution in [2.45, 2.75) is 62.9 Å². The number of fused-ring (bicyclic) bond motifs is 1. The number of nitrogens with one attached hydrogen (secondary N) is 1.